The first-order chi connectivity index (χ1) is 15.2. The van der Waals surface area contributed by atoms with Crippen LogP contribution in [0.25, 0.3) is 0 Å². The summed E-state index contributed by atoms with van der Waals surface area (Å²) in [7, 11) is 0. The van der Waals surface area contributed by atoms with E-state index in [1.165, 1.54) is 50.5 Å². The molecule has 1 aromatic heterocycles. The lowest BCUT2D eigenvalue weighted by atomic mass is 10.0. The van der Waals surface area contributed by atoms with Gasteiger partial charge in [-0.15, -0.1) is 0 Å². The van der Waals surface area contributed by atoms with Gasteiger partial charge in [-0.2, -0.15) is 9.97 Å². The molecule has 2 saturated heterocycles. The maximum Gasteiger partial charge on any atom is 0.232 e. The zero-order valence-electron chi connectivity index (χ0n) is 18.5. The molecule has 2 aromatic rings. The first-order valence-electron chi connectivity index (χ1n) is 11.7. The minimum absolute atomic E-state index is 0.497. The normalized spacial score (nSPS) is 19.6. The Morgan fingerprint density at radius 1 is 0.968 bits per heavy atom. The summed E-state index contributed by atoms with van der Waals surface area (Å²) in [5.74, 6) is 2.60. The Bertz CT molecular complexity index is 850. The van der Waals surface area contributed by atoms with E-state index in [-0.39, 0.29) is 0 Å². The van der Waals surface area contributed by atoms with Gasteiger partial charge in [0, 0.05) is 38.3 Å². The molecule has 0 aliphatic carbocycles. The number of hydrogen-bond acceptors (Lipinski definition) is 5. The van der Waals surface area contributed by atoms with Gasteiger partial charge in [0.2, 0.25) is 5.95 Å². The zero-order chi connectivity index (χ0) is 21.5. The molecule has 166 valence electrons. The third-order valence-electron chi connectivity index (χ3n) is 6.25. The molecule has 2 aliphatic heterocycles. The lowest BCUT2D eigenvalue weighted by Gasteiger charge is -2.35. The Kier molecular flexibility index (Phi) is 7.57. The van der Waals surface area contributed by atoms with Gasteiger partial charge in [-0.25, -0.2) is 0 Å². The summed E-state index contributed by atoms with van der Waals surface area (Å²) in [5.41, 5.74) is 1.19. The lowest BCUT2D eigenvalue weighted by Crippen LogP contribution is -2.38. The molecule has 1 atom stereocenters. The Balaban J connectivity index is 1.52. The maximum absolute atomic E-state index is 5.55. The van der Waals surface area contributed by atoms with Crippen LogP contribution in [-0.4, -0.2) is 40.8 Å². The number of nitrogens with zero attached hydrogens (tertiary/aromatic N) is 4. The van der Waals surface area contributed by atoms with Gasteiger partial charge in [-0.3, -0.25) is 0 Å². The Morgan fingerprint density at radius 2 is 1.68 bits per heavy atom. The van der Waals surface area contributed by atoms with Gasteiger partial charge in [-0.05, 0) is 56.8 Å². The monoisotopic (exact) mass is 438 g/mol. The third kappa shape index (κ3) is 6.06. The number of piperidine rings is 1. The van der Waals surface area contributed by atoms with Gasteiger partial charge in [0.25, 0.3) is 0 Å². The van der Waals surface area contributed by atoms with Gasteiger partial charge >= 0.3 is 0 Å². The van der Waals surface area contributed by atoms with E-state index in [9.17, 15) is 0 Å². The molecule has 0 radical (unpaired) electrons. The molecule has 2 fully saturated rings. The number of anilines is 3. The van der Waals surface area contributed by atoms with Crippen LogP contribution in [-0.2, 0) is 6.54 Å². The fraction of sp³-hybridized carbons (Fsp3) is 0.542. The summed E-state index contributed by atoms with van der Waals surface area (Å²) in [4.78, 5) is 14.6. The average molecular weight is 439 g/mol. The van der Waals surface area contributed by atoms with E-state index in [4.69, 9.17) is 22.2 Å². The highest BCUT2D eigenvalue weighted by Crippen LogP contribution is 2.28. The number of nitrogens with one attached hydrogen (secondary N) is 2. The summed E-state index contributed by atoms with van der Waals surface area (Å²) in [5, 5.41) is 7.07. The smallest absolute Gasteiger partial charge is 0.232 e. The fourth-order valence-electron chi connectivity index (χ4n) is 4.45. The van der Waals surface area contributed by atoms with Crippen molar-refractivity contribution in [2.24, 2.45) is 0 Å². The van der Waals surface area contributed by atoms with Crippen LogP contribution in [0.2, 0.25) is 0 Å². The number of thiocarbonyl (C=S) groups is 1. The molecular weight excluding hydrogens is 404 g/mol. The van der Waals surface area contributed by atoms with Crippen molar-refractivity contribution in [3.8, 4) is 0 Å². The number of rotatable bonds is 5. The van der Waals surface area contributed by atoms with Crippen molar-refractivity contribution in [1.82, 2.24) is 15.3 Å². The largest absolute Gasteiger partial charge is 0.358 e. The molecule has 2 N–H and O–H groups in total. The van der Waals surface area contributed by atoms with Crippen LogP contribution < -0.4 is 20.4 Å². The van der Waals surface area contributed by atoms with Gasteiger partial charge < -0.3 is 20.4 Å². The molecule has 3 heterocycles. The first kappa shape index (κ1) is 21.8. The van der Waals surface area contributed by atoms with Crippen molar-refractivity contribution in [3.63, 3.8) is 0 Å². The number of aromatic nitrogens is 2. The fourth-order valence-corrected chi connectivity index (χ4v) is 4.61. The van der Waals surface area contributed by atoms with Gasteiger partial charge in [0.15, 0.2) is 5.11 Å². The van der Waals surface area contributed by atoms with Crippen molar-refractivity contribution in [2.45, 2.75) is 64.5 Å². The molecule has 31 heavy (non-hydrogen) atoms. The molecule has 0 amide bonds. The highest BCUT2D eigenvalue weighted by molar-refractivity contribution is 7.80. The molecule has 6 nitrogen and oxygen atoms in total. The van der Waals surface area contributed by atoms with Crippen LogP contribution >= 0.6 is 12.2 Å². The molecule has 0 spiro atoms. The second-order valence-corrected chi connectivity index (χ2v) is 9.05. The quantitative estimate of drug-likeness (QED) is 0.655. The molecule has 0 saturated carbocycles. The topological polar surface area (TPSA) is 56.3 Å². The number of benzene rings is 1. The average Bonchev–Trinajstić information content (AvgIpc) is 3.08. The van der Waals surface area contributed by atoms with E-state index in [1.54, 1.807) is 0 Å². The van der Waals surface area contributed by atoms with Crippen LogP contribution in [0, 0.1) is 0 Å². The van der Waals surface area contributed by atoms with Crippen molar-refractivity contribution >= 4 is 34.9 Å². The Labute approximate surface area is 191 Å². The summed E-state index contributed by atoms with van der Waals surface area (Å²) in [6.07, 6.45) is 8.77. The van der Waals surface area contributed by atoms with Crippen molar-refractivity contribution in [2.75, 3.05) is 34.8 Å². The van der Waals surface area contributed by atoms with Gasteiger partial charge in [-0.1, -0.05) is 43.2 Å². The molecule has 0 unspecified atom stereocenters. The van der Waals surface area contributed by atoms with Crippen LogP contribution in [0.3, 0.4) is 0 Å². The molecule has 1 aromatic carbocycles. The highest BCUT2D eigenvalue weighted by atomic mass is 32.1. The van der Waals surface area contributed by atoms with E-state index in [0.29, 0.717) is 23.6 Å². The second kappa shape index (κ2) is 10.8. The van der Waals surface area contributed by atoms with Crippen molar-refractivity contribution in [3.05, 3.63) is 42.0 Å². The molecule has 7 heteroatoms. The first-order valence-corrected chi connectivity index (χ1v) is 12.1. The van der Waals surface area contributed by atoms with E-state index >= 15 is 0 Å². The SMILES string of the molecule is C[C@@H]1CCCCN1c1cc(N2CCCCCC2)nc(NC(=S)NCc2ccccc2)n1. The predicted octanol–water partition coefficient (Wildman–Crippen LogP) is 4.72. The van der Waals surface area contributed by atoms with Gasteiger partial charge in [0.1, 0.15) is 11.6 Å². The van der Waals surface area contributed by atoms with Crippen LogP contribution in [0.15, 0.2) is 36.4 Å². The third-order valence-corrected chi connectivity index (χ3v) is 6.49. The van der Waals surface area contributed by atoms with Gasteiger partial charge in [0.05, 0.1) is 0 Å². The molecule has 0 bridgehead atoms. The van der Waals surface area contributed by atoms with Crippen molar-refractivity contribution in [1.29, 1.82) is 0 Å². The van der Waals surface area contributed by atoms with Crippen LogP contribution in [0.4, 0.5) is 17.6 Å². The molecular formula is C24H34N6S. The van der Waals surface area contributed by atoms with Crippen molar-refractivity contribution < 1.29 is 0 Å². The summed E-state index contributed by atoms with van der Waals surface area (Å²) in [6, 6.07) is 12.9. The predicted molar refractivity (Wildman–Crippen MR) is 133 cm³/mol. The number of hydrogen-bond donors (Lipinski definition) is 2. The Morgan fingerprint density at radius 3 is 2.42 bits per heavy atom. The van der Waals surface area contributed by atoms with E-state index in [2.05, 4.69) is 45.6 Å². The zero-order valence-corrected chi connectivity index (χ0v) is 19.3. The lowest BCUT2D eigenvalue weighted by molar-refractivity contribution is 0.481. The molecule has 4 rings (SSSR count). The van der Waals surface area contributed by atoms with Crippen LogP contribution in [0.1, 0.15) is 57.4 Å². The van der Waals surface area contributed by atoms with E-state index in [1.807, 2.05) is 18.2 Å². The second-order valence-electron chi connectivity index (χ2n) is 8.64. The van der Waals surface area contributed by atoms with E-state index in [0.717, 1.165) is 31.3 Å². The summed E-state index contributed by atoms with van der Waals surface area (Å²) >= 11 is 5.55. The highest BCUT2D eigenvalue weighted by Gasteiger charge is 2.22. The maximum atomic E-state index is 5.55. The summed E-state index contributed by atoms with van der Waals surface area (Å²) in [6.45, 7) is 6.14. The molecule has 2 aliphatic rings. The minimum atomic E-state index is 0.497. The standard InChI is InChI=1S/C24H34N6S/c1-19-11-7-10-16-30(19)22-17-21(29-14-8-2-3-9-15-29)26-23(27-22)28-24(31)25-18-20-12-5-4-6-13-20/h4-6,12-13,17,19H,2-3,7-11,14-16,18H2,1H3,(H2,25,26,27,28,31)/t19-/m1/s1. The minimum Gasteiger partial charge on any atom is -0.358 e. The Hall–Kier alpha value is -2.41. The summed E-state index contributed by atoms with van der Waals surface area (Å²) < 4.78 is 0. The van der Waals surface area contributed by atoms with E-state index < -0.39 is 0 Å². The van der Waals surface area contributed by atoms with Crippen LogP contribution in [0.5, 0.6) is 0 Å².